The Morgan fingerprint density at radius 3 is 1.63 bits per heavy atom. The van der Waals surface area contributed by atoms with Crippen molar-refractivity contribution in [2.75, 3.05) is 134 Å². The molecule has 1 saturated heterocycles. The van der Waals surface area contributed by atoms with Crippen LogP contribution in [0.5, 0.6) is 0 Å². The summed E-state index contributed by atoms with van der Waals surface area (Å²) < 4.78 is 27.3. The van der Waals surface area contributed by atoms with E-state index in [2.05, 4.69) is 33.6 Å². The van der Waals surface area contributed by atoms with Crippen LogP contribution in [-0.4, -0.2) is 141 Å². The molecule has 0 saturated carbocycles. The Hall–Kier alpha value is -2.58. The minimum Gasteiger partial charge on any atom is -0.383 e. The van der Waals surface area contributed by atoms with Crippen molar-refractivity contribution in [3.05, 3.63) is 0 Å². The van der Waals surface area contributed by atoms with Crippen LogP contribution in [0.25, 0.3) is 11.0 Å². The lowest BCUT2D eigenvalue weighted by Gasteiger charge is -2.34. The Balaban J connectivity index is 2.25. The van der Waals surface area contributed by atoms with Gasteiger partial charge in [0, 0.05) is 88.4 Å². The van der Waals surface area contributed by atoms with E-state index >= 15 is 0 Å². The molecule has 0 aromatic carbocycles. The summed E-state index contributed by atoms with van der Waals surface area (Å²) in [6.45, 7) is 9.35. The van der Waals surface area contributed by atoms with Gasteiger partial charge in [0.1, 0.15) is 11.0 Å². The van der Waals surface area contributed by atoms with Crippen molar-refractivity contribution in [2.45, 2.75) is 32.3 Å². The fraction of sp³-hybridized carbons (Fsp3) is 0.786. The third-order valence-electron chi connectivity index (χ3n) is 7.31. The topological polar surface area (TPSA) is 111 Å². The molecule has 3 heterocycles. The zero-order valence-electron chi connectivity index (χ0n) is 26.1. The lowest BCUT2D eigenvalue weighted by Crippen LogP contribution is -2.38. The number of nitrogens with zero attached hydrogens (tertiary/aromatic N) is 8. The largest absolute Gasteiger partial charge is 0.383 e. The average Bonchev–Trinajstić information content (AvgIpc) is 3.00. The fourth-order valence-corrected chi connectivity index (χ4v) is 4.91. The van der Waals surface area contributed by atoms with Crippen LogP contribution in [0.15, 0.2) is 0 Å². The van der Waals surface area contributed by atoms with Gasteiger partial charge in [-0.1, -0.05) is 6.92 Å². The first-order valence-corrected chi connectivity index (χ1v) is 14.5. The van der Waals surface area contributed by atoms with E-state index in [0.29, 0.717) is 64.5 Å². The first-order chi connectivity index (χ1) is 20.0. The number of hydrogen-bond acceptors (Lipinski definition) is 13. The van der Waals surface area contributed by atoms with E-state index in [1.54, 1.807) is 35.5 Å². The van der Waals surface area contributed by atoms with Gasteiger partial charge in [0.05, 0.1) is 32.5 Å². The Morgan fingerprint density at radius 1 is 0.683 bits per heavy atom. The summed E-state index contributed by atoms with van der Waals surface area (Å²) >= 11 is 0. The number of anilines is 4. The zero-order valence-corrected chi connectivity index (χ0v) is 26.1. The van der Waals surface area contributed by atoms with Gasteiger partial charge in [0.25, 0.3) is 0 Å². The Labute approximate surface area is 245 Å². The second kappa shape index (κ2) is 17.4. The van der Waals surface area contributed by atoms with Gasteiger partial charge in [-0.05, 0) is 19.3 Å². The van der Waals surface area contributed by atoms with E-state index in [0.717, 1.165) is 61.6 Å². The van der Waals surface area contributed by atoms with Crippen LogP contribution in [0.3, 0.4) is 0 Å². The molecule has 0 aliphatic carbocycles. The SMILES string of the molecule is CCCN(C)c1nc(N(CCOC)CCOC)nc2c(N3CCC(OC)CC3)nc(N(CCOC)CCOC)nc12. The molecule has 2 aromatic heterocycles. The van der Waals surface area contributed by atoms with Crippen molar-refractivity contribution < 1.29 is 23.7 Å². The van der Waals surface area contributed by atoms with Gasteiger partial charge in [0.15, 0.2) is 11.6 Å². The van der Waals surface area contributed by atoms with Crippen molar-refractivity contribution >= 4 is 34.6 Å². The molecule has 0 radical (unpaired) electrons. The highest BCUT2D eigenvalue weighted by Crippen LogP contribution is 2.34. The van der Waals surface area contributed by atoms with E-state index in [1.165, 1.54) is 0 Å². The molecule has 1 fully saturated rings. The molecule has 1 aliphatic rings. The maximum Gasteiger partial charge on any atom is 0.228 e. The smallest absolute Gasteiger partial charge is 0.228 e. The lowest BCUT2D eigenvalue weighted by atomic mass is 10.1. The van der Waals surface area contributed by atoms with Crippen molar-refractivity contribution in [3.8, 4) is 0 Å². The second-order valence-corrected chi connectivity index (χ2v) is 10.2. The molecule has 0 spiro atoms. The number of rotatable bonds is 19. The monoisotopic (exact) mass is 578 g/mol. The lowest BCUT2D eigenvalue weighted by molar-refractivity contribution is 0.0818. The highest BCUT2D eigenvalue weighted by atomic mass is 16.5. The maximum absolute atomic E-state index is 5.66. The third-order valence-corrected chi connectivity index (χ3v) is 7.31. The van der Waals surface area contributed by atoms with E-state index in [9.17, 15) is 0 Å². The molecule has 3 rings (SSSR count). The summed E-state index contributed by atoms with van der Waals surface area (Å²) in [4.78, 5) is 29.2. The van der Waals surface area contributed by atoms with Gasteiger partial charge in [-0.2, -0.15) is 9.97 Å². The van der Waals surface area contributed by atoms with E-state index < -0.39 is 0 Å². The average molecular weight is 579 g/mol. The maximum atomic E-state index is 5.66. The first kappa shape index (κ1) is 32.9. The number of aromatic nitrogens is 4. The van der Waals surface area contributed by atoms with Crippen molar-refractivity contribution in [3.63, 3.8) is 0 Å². The van der Waals surface area contributed by atoms with Gasteiger partial charge < -0.3 is 43.3 Å². The highest BCUT2D eigenvalue weighted by Gasteiger charge is 2.27. The van der Waals surface area contributed by atoms with Crippen LogP contribution >= 0.6 is 0 Å². The predicted molar refractivity (Wildman–Crippen MR) is 163 cm³/mol. The van der Waals surface area contributed by atoms with Gasteiger partial charge >= 0.3 is 0 Å². The molecular weight excluding hydrogens is 528 g/mol. The Morgan fingerprint density at radius 2 is 1.17 bits per heavy atom. The molecule has 13 nitrogen and oxygen atoms in total. The normalized spacial score (nSPS) is 14.2. The number of fused-ring (bicyclic) bond motifs is 1. The standard InChI is InChI=1S/C28H50N8O5/c1-8-11-33(2)25-23-24(30-27(31-25)35(14-18-37-3)15-19-38-4)26(34-12-9-22(41-7)10-13-34)32-28(29-23)36(16-20-39-5)17-21-40-6/h22H,8-21H2,1-7H3. The molecule has 2 aromatic rings. The van der Waals surface area contributed by atoms with Gasteiger partial charge in [0.2, 0.25) is 11.9 Å². The molecule has 1 aliphatic heterocycles. The second-order valence-electron chi connectivity index (χ2n) is 10.2. The van der Waals surface area contributed by atoms with Crippen LogP contribution in [0.2, 0.25) is 0 Å². The van der Waals surface area contributed by atoms with E-state index in [4.69, 9.17) is 43.6 Å². The molecule has 0 N–H and O–H groups in total. The minimum atomic E-state index is 0.244. The molecule has 0 atom stereocenters. The minimum absolute atomic E-state index is 0.244. The molecule has 13 heteroatoms. The number of piperidine rings is 1. The predicted octanol–water partition coefficient (Wildman–Crippen LogP) is 2.08. The summed E-state index contributed by atoms with van der Waals surface area (Å²) in [5.74, 6) is 2.83. The van der Waals surface area contributed by atoms with Crippen LogP contribution in [0.4, 0.5) is 23.5 Å². The van der Waals surface area contributed by atoms with Crippen LogP contribution in [0.1, 0.15) is 26.2 Å². The van der Waals surface area contributed by atoms with Gasteiger partial charge in [-0.3, -0.25) is 0 Å². The zero-order chi connectivity index (χ0) is 29.6. The summed E-state index contributed by atoms with van der Waals surface area (Å²) in [7, 11) is 10.6. The van der Waals surface area contributed by atoms with Gasteiger partial charge in [-0.25, -0.2) is 9.97 Å². The molecule has 0 bridgehead atoms. The number of ether oxygens (including phenoxy) is 5. The Kier molecular flexibility index (Phi) is 14.0. The van der Waals surface area contributed by atoms with E-state index in [1.807, 2.05) is 0 Å². The van der Waals surface area contributed by atoms with Crippen LogP contribution < -0.4 is 19.6 Å². The number of methoxy groups -OCH3 is 5. The Bertz CT molecular complexity index is 1020. The molecule has 232 valence electrons. The molecule has 41 heavy (non-hydrogen) atoms. The van der Waals surface area contributed by atoms with Crippen molar-refractivity contribution in [1.29, 1.82) is 0 Å². The number of hydrogen-bond donors (Lipinski definition) is 0. The summed E-state index contributed by atoms with van der Waals surface area (Å²) in [6, 6.07) is 0. The van der Waals surface area contributed by atoms with Crippen LogP contribution in [-0.2, 0) is 23.7 Å². The van der Waals surface area contributed by atoms with Crippen molar-refractivity contribution in [2.24, 2.45) is 0 Å². The van der Waals surface area contributed by atoms with E-state index in [-0.39, 0.29) is 6.10 Å². The highest BCUT2D eigenvalue weighted by molar-refractivity contribution is 5.95. The summed E-state index contributed by atoms with van der Waals surface area (Å²) in [5.41, 5.74) is 1.47. The third kappa shape index (κ3) is 8.95. The summed E-state index contributed by atoms with van der Waals surface area (Å²) in [6.07, 6.45) is 3.05. The van der Waals surface area contributed by atoms with Crippen molar-refractivity contribution in [1.82, 2.24) is 19.9 Å². The first-order valence-electron chi connectivity index (χ1n) is 14.5. The van der Waals surface area contributed by atoms with Crippen LogP contribution in [0, 0.1) is 0 Å². The molecule has 0 unspecified atom stereocenters. The summed E-state index contributed by atoms with van der Waals surface area (Å²) in [5, 5.41) is 0. The fourth-order valence-electron chi connectivity index (χ4n) is 4.91. The molecule has 0 amide bonds. The quantitative estimate of drug-likeness (QED) is 0.243. The molecular formula is C28H50N8O5. The van der Waals surface area contributed by atoms with Gasteiger partial charge in [-0.15, -0.1) is 0 Å².